The van der Waals surface area contributed by atoms with E-state index in [9.17, 15) is 62.7 Å². The number of H-pyrrole nitrogens is 2. The van der Waals surface area contributed by atoms with Crippen molar-refractivity contribution in [1.82, 2.24) is 39.0 Å². The quantitative estimate of drug-likeness (QED) is 0.0376. The van der Waals surface area contributed by atoms with Crippen molar-refractivity contribution >= 4 is 78.0 Å². The number of phosphoric ester groups is 3. The highest BCUT2D eigenvalue weighted by atomic mass is 31.3. The van der Waals surface area contributed by atoms with Crippen molar-refractivity contribution in [1.29, 1.82) is 0 Å². The number of aliphatic imine (C=N–C) groups is 1. The van der Waals surface area contributed by atoms with E-state index in [1.807, 2.05) is 0 Å². The molecule has 3 saturated heterocycles. The number of nitrogen functional groups attached to an aromatic ring is 2. The first-order valence-corrected chi connectivity index (χ1v) is 27.8. The second-order valence-corrected chi connectivity index (χ2v) is 23.1. The fourth-order valence-corrected chi connectivity index (χ4v) is 13.3. The van der Waals surface area contributed by atoms with E-state index in [0.29, 0.717) is 0 Å². The van der Waals surface area contributed by atoms with Gasteiger partial charge in [0.1, 0.15) is 78.3 Å². The molecule has 420 valence electrons. The SMILES string of the molecule is COC1C(COP(=O)(O)OP(=O)(O)OP(=O)(O)OCC2OC(n3cnc4c3NC=NC4N)C(OC)C2OP(=O)(O)OCC2OC(n3cnc4c(=O)[nH]c(N)nc43)C(O)C2O)OC(N2CN(C)c3c2nc(N)[nH]c3=O)C1O. The van der Waals surface area contributed by atoms with Crippen molar-refractivity contribution in [3.63, 3.8) is 0 Å². The highest BCUT2D eigenvalue weighted by molar-refractivity contribution is 7.66. The zero-order chi connectivity index (χ0) is 55.0. The molecule has 76 heavy (non-hydrogen) atoms. The number of imidazole rings is 2. The molecular weight excluding hydrogens is 1110 g/mol. The van der Waals surface area contributed by atoms with Gasteiger partial charge in [-0.15, -0.1) is 0 Å². The molecule has 17 atom stereocenters. The summed E-state index contributed by atoms with van der Waals surface area (Å²) in [5, 5.41) is 35.7. The summed E-state index contributed by atoms with van der Waals surface area (Å²) in [4.78, 5) is 95.1. The van der Waals surface area contributed by atoms with Gasteiger partial charge in [-0.3, -0.25) is 51.8 Å². The lowest BCUT2D eigenvalue weighted by Crippen LogP contribution is -2.46. The Morgan fingerprint density at radius 3 is 1.96 bits per heavy atom. The Morgan fingerprint density at radius 2 is 1.29 bits per heavy atom. The largest absolute Gasteiger partial charge is 0.490 e. The maximum atomic E-state index is 13.7. The van der Waals surface area contributed by atoms with Crippen molar-refractivity contribution < 1.29 is 104 Å². The molecule has 0 spiro atoms. The van der Waals surface area contributed by atoms with Crippen molar-refractivity contribution in [2.75, 3.05) is 74.3 Å². The Bertz CT molecular complexity index is 3180. The molecule has 16 N–H and O–H groups in total. The Hall–Kier alpha value is -4.73. The number of hydrogen-bond donors (Lipinski definition) is 13. The van der Waals surface area contributed by atoms with Crippen molar-refractivity contribution in [3.05, 3.63) is 39.1 Å². The molecule has 4 aromatic rings. The molecule has 17 unspecified atom stereocenters. The number of nitrogens with zero attached hydrogens (tertiary/aromatic N) is 9. The summed E-state index contributed by atoms with van der Waals surface area (Å²) in [5.41, 5.74) is 16.0. The monoisotopic (exact) mass is 1160 g/mol. The summed E-state index contributed by atoms with van der Waals surface area (Å²) in [5.74, 6) is -0.369. The second-order valence-electron chi connectivity index (χ2n) is 17.0. The van der Waals surface area contributed by atoms with E-state index < -0.39 is 142 Å². The minimum Gasteiger partial charge on any atom is -0.387 e. The third-order valence-corrected chi connectivity index (χ3v) is 17.3. The van der Waals surface area contributed by atoms with Gasteiger partial charge in [0.2, 0.25) is 11.9 Å². The number of fused-ring (bicyclic) bond motifs is 3. The molecule has 0 aromatic carbocycles. The number of methoxy groups -OCH3 is 2. The number of ether oxygens (including phenoxy) is 5. The maximum absolute atomic E-state index is 13.7. The topological polar surface area (TPSA) is 547 Å². The van der Waals surface area contributed by atoms with E-state index in [0.717, 1.165) is 25.1 Å². The predicted molar refractivity (Wildman–Crippen MR) is 249 cm³/mol. The van der Waals surface area contributed by atoms with Crippen LogP contribution in [0, 0.1) is 0 Å². The number of anilines is 5. The standard InChI is InChI=1S/C33H49N15O24P4/c1-45-10-48(26-16(45)28(53)44-33(36)42-26)30-19(51)20(62-2)12(68-30)5-65-74(56,57)71-76(60,61)72-75(58,59)66-6-13-21(22(63-3)31(69-13)46-8-39-14-23(34)37-7-38-24(14)46)70-73(54,55)64-4-11-17(49)18(50)29(67-11)47-9-40-15-25(47)41-32(35)43-27(15)52/h7-9,11-13,17-23,29-31,49-51H,4-6,10,34H2,1-3H3,(H,37,38)(H,54,55)(H,56,57)(H,58,59)(H,60,61)(H3,35,41,43,52)(H3,36,42,44,53). The van der Waals surface area contributed by atoms with Gasteiger partial charge < -0.3 is 90.9 Å². The number of hydrogen-bond acceptors (Lipinski definition) is 31. The molecule has 39 nitrogen and oxygen atoms in total. The summed E-state index contributed by atoms with van der Waals surface area (Å²) in [6.07, 6.45) is -16.3. The Morgan fingerprint density at radius 1 is 0.711 bits per heavy atom. The Kier molecular flexibility index (Phi) is 15.6. The zero-order valence-electron chi connectivity index (χ0n) is 39.2. The first-order valence-electron chi connectivity index (χ1n) is 21.8. The van der Waals surface area contributed by atoms with Crippen LogP contribution >= 0.6 is 31.3 Å². The van der Waals surface area contributed by atoms with Crippen LogP contribution in [0.3, 0.4) is 0 Å². The number of aliphatic hydroxyl groups excluding tert-OH is 3. The second kappa shape index (κ2) is 21.1. The van der Waals surface area contributed by atoms with Crippen LogP contribution in [-0.2, 0) is 68.7 Å². The molecule has 0 radical (unpaired) electrons. The minimum absolute atomic E-state index is 0.0179. The van der Waals surface area contributed by atoms with Crippen LogP contribution in [-0.4, -0.2) is 189 Å². The average Bonchev–Trinajstić information content (AvgIpc) is 4.19. The smallest absolute Gasteiger partial charge is 0.387 e. The minimum atomic E-state index is -6.17. The summed E-state index contributed by atoms with van der Waals surface area (Å²) in [6.45, 7) is -3.26. The summed E-state index contributed by atoms with van der Waals surface area (Å²) < 4.78 is 113. The Labute approximate surface area is 423 Å². The summed E-state index contributed by atoms with van der Waals surface area (Å²) in [6, 6.07) is 0. The molecule has 0 amide bonds. The van der Waals surface area contributed by atoms with E-state index in [2.05, 4.69) is 48.8 Å². The van der Waals surface area contributed by atoms with E-state index in [1.165, 1.54) is 27.0 Å². The van der Waals surface area contributed by atoms with Gasteiger partial charge in [-0.25, -0.2) is 28.2 Å². The lowest BCUT2D eigenvalue weighted by atomic mass is 10.1. The van der Waals surface area contributed by atoms with Gasteiger partial charge in [-0.1, -0.05) is 0 Å². The van der Waals surface area contributed by atoms with E-state index >= 15 is 0 Å². The third kappa shape index (κ3) is 11.1. The number of rotatable bonds is 20. The summed E-state index contributed by atoms with van der Waals surface area (Å²) >= 11 is 0. The molecule has 3 fully saturated rings. The molecule has 43 heteroatoms. The van der Waals surface area contributed by atoms with Crippen LogP contribution in [0.5, 0.6) is 0 Å². The molecule has 0 bridgehead atoms. The first kappa shape index (κ1) is 56.0. The molecular formula is C33H49N15O24P4. The fourth-order valence-electron chi connectivity index (χ4n) is 8.85. The van der Waals surface area contributed by atoms with Crippen molar-refractivity contribution in [3.8, 4) is 0 Å². The van der Waals surface area contributed by atoms with Crippen LogP contribution in [0.15, 0.2) is 27.2 Å². The molecule has 9 heterocycles. The number of nitrogens with one attached hydrogen (secondary N) is 3. The number of phosphoric acid groups is 4. The van der Waals surface area contributed by atoms with Crippen LogP contribution in [0.4, 0.5) is 29.2 Å². The molecule has 4 aromatic heterocycles. The molecule has 5 aliphatic rings. The number of aliphatic hydroxyl groups is 3. The molecule has 9 rings (SSSR count). The highest BCUT2D eigenvalue weighted by Crippen LogP contribution is 2.68. The van der Waals surface area contributed by atoms with Gasteiger partial charge in [0.25, 0.3) is 11.1 Å². The van der Waals surface area contributed by atoms with Crippen LogP contribution in [0.25, 0.3) is 11.2 Å². The molecule has 0 aliphatic carbocycles. The normalized spacial score (nSPS) is 32.4. The van der Waals surface area contributed by atoms with Gasteiger partial charge in [0, 0.05) is 21.3 Å². The fraction of sp³-hybridized carbons (Fsp3) is 0.606. The van der Waals surface area contributed by atoms with E-state index in [-0.39, 0.29) is 52.7 Å². The lowest BCUT2D eigenvalue weighted by molar-refractivity contribution is -0.0586. The van der Waals surface area contributed by atoms with Gasteiger partial charge in [0.15, 0.2) is 35.7 Å². The number of aromatic amines is 2. The average molecular weight is 1160 g/mol. The maximum Gasteiger partial charge on any atom is 0.490 e. The van der Waals surface area contributed by atoms with Crippen molar-refractivity contribution in [2.24, 2.45) is 10.7 Å². The molecule has 5 aliphatic heterocycles. The van der Waals surface area contributed by atoms with Crippen LogP contribution < -0.4 is 43.4 Å². The van der Waals surface area contributed by atoms with Gasteiger partial charge in [-0.05, 0) is 0 Å². The number of nitrogens with two attached hydrogens (primary N) is 3. The predicted octanol–water partition coefficient (Wildman–Crippen LogP) is -3.91. The van der Waals surface area contributed by atoms with Crippen LogP contribution in [0.1, 0.15) is 24.3 Å². The highest BCUT2D eigenvalue weighted by Gasteiger charge is 2.54. The van der Waals surface area contributed by atoms with Crippen LogP contribution in [0.2, 0.25) is 0 Å². The zero-order valence-corrected chi connectivity index (χ0v) is 42.8. The third-order valence-electron chi connectivity index (χ3n) is 12.1. The van der Waals surface area contributed by atoms with E-state index in [1.54, 1.807) is 7.05 Å². The number of aromatic nitrogens is 8. The van der Waals surface area contributed by atoms with Gasteiger partial charge in [-0.2, -0.15) is 18.6 Å². The van der Waals surface area contributed by atoms with E-state index in [4.69, 9.17) is 59.0 Å². The first-order chi connectivity index (χ1) is 35.7. The lowest BCUT2D eigenvalue weighted by Gasteiger charge is -2.27. The van der Waals surface area contributed by atoms with Gasteiger partial charge in [0.05, 0.1) is 45.5 Å². The summed E-state index contributed by atoms with van der Waals surface area (Å²) in [7, 11) is -19.5. The Balaban J connectivity index is 0.855. The molecule has 0 saturated carbocycles. The van der Waals surface area contributed by atoms with Crippen molar-refractivity contribution in [2.45, 2.75) is 79.8 Å². The van der Waals surface area contributed by atoms with Gasteiger partial charge >= 0.3 is 31.3 Å².